The first kappa shape index (κ1) is 20.1. The fraction of sp³-hybridized carbons (Fsp3) is 0. The lowest BCUT2D eigenvalue weighted by Crippen LogP contribution is -2.14. The van der Waals surface area contributed by atoms with E-state index in [-0.39, 0.29) is 11.4 Å². The number of rotatable bonds is 6. The van der Waals surface area contributed by atoms with Gasteiger partial charge in [-0.1, -0.05) is 0 Å². The zero-order valence-electron chi connectivity index (χ0n) is 15.3. The van der Waals surface area contributed by atoms with Crippen LogP contribution in [0.15, 0.2) is 72.8 Å². The quantitative estimate of drug-likeness (QED) is 0.467. The molecular weight excluding hydrogens is 392 g/mol. The molecule has 0 radical (unpaired) electrons. The van der Waals surface area contributed by atoms with Crippen LogP contribution >= 0.6 is 0 Å². The van der Waals surface area contributed by atoms with Crippen molar-refractivity contribution >= 4 is 34.6 Å². The van der Waals surface area contributed by atoms with Gasteiger partial charge in [-0.15, -0.1) is 0 Å². The summed E-state index contributed by atoms with van der Waals surface area (Å²) in [6.45, 7) is 0. The standard InChI is InChI=1S/C20H14N4O6/c25-19(21-15-5-9-17(10-6-15)23(27)28)13-1-2-14(4-3-13)20(26)22-16-7-11-18(12-8-16)24(29)30/h1-12H,(H,21,25)(H,22,26). The third-order valence-electron chi connectivity index (χ3n) is 4.08. The van der Waals surface area contributed by atoms with E-state index in [0.717, 1.165) is 0 Å². The van der Waals surface area contributed by atoms with E-state index >= 15 is 0 Å². The highest BCUT2D eigenvalue weighted by atomic mass is 16.6. The van der Waals surface area contributed by atoms with Crippen LogP contribution in [-0.2, 0) is 0 Å². The van der Waals surface area contributed by atoms with E-state index in [4.69, 9.17) is 0 Å². The average Bonchev–Trinajstić information content (AvgIpc) is 2.74. The maximum atomic E-state index is 12.3. The van der Waals surface area contributed by atoms with Crippen molar-refractivity contribution in [1.29, 1.82) is 0 Å². The highest BCUT2D eigenvalue weighted by Crippen LogP contribution is 2.18. The Hall–Kier alpha value is -4.60. The first-order chi connectivity index (χ1) is 14.3. The zero-order valence-corrected chi connectivity index (χ0v) is 15.3. The molecule has 0 aliphatic rings. The molecule has 2 N–H and O–H groups in total. The van der Waals surface area contributed by atoms with E-state index in [0.29, 0.717) is 22.5 Å². The van der Waals surface area contributed by atoms with Crippen molar-refractivity contribution in [2.24, 2.45) is 0 Å². The van der Waals surface area contributed by atoms with Gasteiger partial charge in [0.05, 0.1) is 9.85 Å². The Balaban J connectivity index is 1.63. The number of benzene rings is 3. The summed E-state index contributed by atoms with van der Waals surface area (Å²) in [6.07, 6.45) is 0. The zero-order chi connectivity index (χ0) is 21.7. The monoisotopic (exact) mass is 406 g/mol. The third kappa shape index (κ3) is 4.81. The van der Waals surface area contributed by atoms with Gasteiger partial charge in [-0.3, -0.25) is 29.8 Å². The second-order valence-electron chi connectivity index (χ2n) is 6.09. The van der Waals surface area contributed by atoms with Gasteiger partial charge in [0.15, 0.2) is 0 Å². The molecule has 0 aromatic heterocycles. The number of carbonyl (C=O) groups is 2. The number of hydrogen-bond donors (Lipinski definition) is 2. The van der Waals surface area contributed by atoms with Crippen LogP contribution < -0.4 is 10.6 Å². The van der Waals surface area contributed by atoms with Gasteiger partial charge in [0, 0.05) is 46.8 Å². The van der Waals surface area contributed by atoms with Crippen LogP contribution in [0.1, 0.15) is 20.7 Å². The molecule has 0 bridgehead atoms. The average molecular weight is 406 g/mol. The van der Waals surface area contributed by atoms with Gasteiger partial charge >= 0.3 is 0 Å². The van der Waals surface area contributed by atoms with Gasteiger partial charge in [-0.25, -0.2) is 0 Å². The molecule has 10 heteroatoms. The van der Waals surface area contributed by atoms with Crippen LogP contribution in [0, 0.1) is 20.2 Å². The lowest BCUT2D eigenvalue weighted by Gasteiger charge is -2.07. The van der Waals surface area contributed by atoms with Gasteiger partial charge in [-0.05, 0) is 48.5 Å². The third-order valence-corrected chi connectivity index (χ3v) is 4.08. The minimum absolute atomic E-state index is 0.0867. The number of nitro benzene ring substituents is 2. The molecule has 150 valence electrons. The molecule has 0 atom stereocenters. The van der Waals surface area contributed by atoms with E-state index in [9.17, 15) is 29.8 Å². The number of nitrogens with one attached hydrogen (secondary N) is 2. The van der Waals surface area contributed by atoms with Crippen LogP contribution in [0.3, 0.4) is 0 Å². The van der Waals surface area contributed by atoms with Crippen molar-refractivity contribution in [2.75, 3.05) is 10.6 Å². The molecule has 30 heavy (non-hydrogen) atoms. The summed E-state index contributed by atoms with van der Waals surface area (Å²) in [6, 6.07) is 16.6. The topological polar surface area (TPSA) is 144 Å². The van der Waals surface area contributed by atoms with Crippen molar-refractivity contribution in [2.45, 2.75) is 0 Å². The van der Waals surface area contributed by atoms with E-state index in [1.54, 1.807) is 0 Å². The molecule has 0 unspecified atom stereocenters. The Morgan fingerprint density at radius 1 is 0.567 bits per heavy atom. The Labute approximate surface area is 169 Å². The molecule has 2 amide bonds. The molecule has 0 saturated carbocycles. The lowest BCUT2D eigenvalue weighted by molar-refractivity contribution is -0.385. The summed E-state index contributed by atoms with van der Waals surface area (Å²) in [4.78, 5) is 44.8. The minimum atomic E-state index is -0.536. The molecule has 0 fully saturated rings. The fourth-order valence-electron chi connectivity index (χ4n) is 2.51. The van der Waals surface area contributed by atoms with Gasteiger partial charge in [0.1, 0.15) is 0 Å². The van der Waals surface area contributed by atoms with Gasteiger partial charge in [0.25, 0.3) is 23.2 Å². The fourth-order valence-corrected chi connectivity index (χ4v) is 2.51. The van der Waals surface area contributed by atoms with Crippen molar-refractivity contribution in [3.8, 4) is 0 Å². The molecule has 0 aliphatic heterocycles. The van der Waals surface area contributed by atoms with E-state index in [1.807, 2.05) is 0 Å². The smallest absolute Gasteiger partial charge is 0.269 e. The van der Waals surface area contributed by atoms with Gasteiger partial charge < -0.3 is 10.6 Å². The second kappa shape index (κ2) is 8.61. The summed E-state index contributed by atoms with van der Waals surface area (Å²) in [5, 5.41) is 26.5. The minimum Gasteiger partial charge on any atom is -0.322 e. The van der Waals surface area contributed by atoms with Crippen LogP contribution in [0.2, 0.25) is 0 Å². The molecule has 0 aliphatic carbocycles. The number of anilines is 2. The largest absolute Gasteiger partial charge is 0.322 e. The first-order valence-electron chi connectivity index (χ1n) is 8.55. The van der Waals surface area contributed by atoms with Crippen molar-refractivity contribution in [1.82, 2.24) is 0 Å². The molecule has 3 aromatic carbocycles. The Kier molecular flexibility index (Phi) is 5.78. The molecule has 0 heterocycles. The van der Waals surface area contributed by atoms with Crippen LogP contribution in [0.4, 0.5) is 22.7 Å². The normalized spacial score (nSPS) is 10.1. The molecule has 0 spiro atoms. The number of carbonyl (C=O) groups excluding carboxylic acids is 2. The Morgan fingerprint density at radius 2 is 0.867 bits per heavy atom. The summed E-state index contributed by atoms with van der Waals surface area (Å²) in [5.41, 5.74) is 1.20. The van der Waals surface area contributed by atoms with Gasteiger partial charge in [0.2, 0.25) is 0 Å². The summed E-state index contributed by atoms with van der Waals surface area (Å²) < 4.78 is 0. The number of amides is 2. The number of hydrogen-bond acceptors (Lipinski definition) is 6. The summed E-state index contributed by atoms with van der Waals surface area (Å²) in [5.74, 6) is -0.877. The predicted octanol–water partition coefficient (Wildman–Crippen LogP) is 4.01. The van der Waals surface area contributed by atoms with Crippen LogP contribution in [0.25, 0.3) is 0 Å². The molecule has 10 nitrogen and oxygen atoms in total. The lowest BCUT2D eigenvalue weighted by atomic mass is 10.1. The first-order valence-corrected chi connectivity index (χ1v) is 8.55. The predicted molar refractivity (Wildman–Crippen MR) is 109 cm³/mol. The summed E-state index contributed by atoms with van der Waals surface area (Å²) in [7, 11) is 0. The van der Waals surface area contributed by atoms with Gasteiger partial charge in [-0.2, -0.15) is 0 Å². The van der Waals surface area contributed by atoms with E-state index in [1.165, 1.54) is 72.8 Å². The molecule has 3 aromatic rings. The van der Waals surface area contributed by atoms with Crippen LogP contribution in [-0.4, -0.2) is 21.7 Å². The maximum absolute atomic E-state index is 12.3. The van der Waals surface area contributed by atoms with Crippen molar-refractivity contribution < 1.29 is 19.4 Å². The summed E-state index contributed by atoms with van der Waals surface area (Å²) >= 11 is 0. The van der Waals surface area contributed by atoms with Crippen LogP contribution in [0.5, 0.6) is 0 Å². The molecular formula is C20H14N4O6. The van der Waals surface area contributed by atoms with E-state index in [2.05, 4.69) is 10.6 Å². The maximum Gasteiger partial charge on any atom is 0.269 e. The molecule has 3 rings (SSSR count). The highest BCUT2D eigenvalue weighted by Gasteiger charge is 2.12. The van der Waals surface area contributed by atoms with E-state index < -0.39 is 21.7 Å². The second-order valence-corrected chi connectivity index (χ2v) is 6.09. The Morgan fingerprint density at radius 3 is 1.13 bits per heavy atom. The van der Waals surface area contributed by atoms with Crippen molar-refractivity contribution in [3.05, 3.63) is 104 Å². The number of non-ortho nitro benzene ring substituents is 2. The van der Waals surface area contributed by atoms with Crippen molar-refractivity contribution in [3.63, 3.8) is 0 Å². The Bertz CT molecular complexity index is 1020. The SMILES string of the molecule is O=C(Nc1ccc([N+](=O)[O-])cc1)c1ccc(C(=O)Nc2ccc([N+](=O)[O-])cc2)cc1. The molecule has 0 saturated heterocycles. The number of nitrogens with zero attached hydrogens (tertiary/aromatic N) is 2. The number of nitro groups is 2. The highest BCUT2D eigenvalue weighted by molar-refractivity contribution is 6.07.